The van der Waals surface area contributed by atoms with Gasteiger partial charge in [-0.15, -0.1) is 11.6 Å². The van der Waals surface area contributed by atoms with Gasteiger partial charge in [-0.25, -0.2) is 0 Å². The minimum Gasteiger partial charge on any atom is -0.341 e. The van der Waals surface area contributed by atoms with Crippen molar-refractivity contribution in [2.75, 3.05) is 7.05 Å². The van der Waals surface area contributed by atoms with Gasteiger partial charge in [0, 0.05) is 19.5 Å². The summed E-state index contributed by atoms with van der Waals surface area (Å²) in [4.78, 5) is 13.9. The van der Waals surface area contributed by atoms with Crippen LogP contribution in [0.1, 0.15) is 52.9 Å². The number of carbonyl (C=O) groups is 1. The van der Waals surface area contributed by atoms with Gasteiger partial charge in [0.25, 0.3) is 0 Å². The smallest absolute Gasteiger partial charge is 0.223 e. The highest BCUT2D eigenvalue weighted by molar-refractivity contribution is 6.21. The number of rotatable bonds is 2. The Hall–Kier alpha value is -0.240. The van der Waals surface area contributed by atoms with Crippen molar-refractivity contribution in [1.29, 1.82) is 0 Å². The van der Waals surface area contributed by atoms with Crippen molar-refractivity contribution in [1.82, 2.24) is 4.90 Å². The Morgan fingerprint density at radius 1 is 1.31 bits per heavy atom. The van der Waals surface area contributed by atoms with Crippen molar-refractivity contribution in [3.05, 3.63) is 0 Å². The van der Waals surface area contributed by atoms with Gasteiger partial charge in [0.1, 0.15) is 0 Å². The van der Waals surface area contributed by atoms with Gasteiger partial charge in [-0.1, -0.05) is 33.6 Å². The molecule has 0 heterocycles. The molecule has 1 amide bonds. The second-order valence-electron chi connectivity index (χ2n) is 6.11. The monoisotopic (exact) mass is 245 g/mol. The van der Waals surface area contributed by atoms with E-state index in [1.165, 1.54) is 12.8 Å². The number of alkyl halides is 1. The van der Waals surface area contributed by atoms with Crippen LogP contribution in [0.2, 0.25) is 0 Å². The molecule has 0 aromatic carbocycles. The average Bonchev–Trinajstić information content (AvgIpc) is 2.15. The predicted molar refractivity (Wildman–Crippen MR) is 68.7 cm³/mol. The van der Waals surface area contributed by atoms with Crippen molar-refractivity contribution in [2.24, 2.45) is 5.41 Å². The molecule has 2 unspecified atom stereocenters. The first-order valence-corrected chi connectivity index (χ1v) is 6.64. The fourth-order valence-electron chi connectivity index (χ4n) is 2.27. The highest BCUT2D eigenvalue weighted by atomic mass is 35.5. The molecule has 0 saturated heterocycles. The van der Waals surface area contributed by atoms with Crippen molar-refractivity contribution in [2.45, 2.75) is 64.3 Å². The van der Waals surface area contributed by atoms with Crippen LogP contribution >= 0.6 is 11.6 Å². The van der Waals surface area contributed by atoms with Gasteiger partial charge in [-0.3, -0.25) is 4.79 Å². The summed E-state index contributed by atoms with van der Waals surface area (Å²) >= 11 is 6.30. The van der Waals surface area contributed by atoms with E-state index in [2.05, 4.69) is 20.8 Å². The molecular weight excluding hydrogens is 222 g/mol. The van der Waals surface area contributed by atoms with Crippen molar-refractivity contribution in [3.8, 4) is 0 Å². The third kappa shape index (κ3) is 3.97. The van der Waals surface area contributed by atoms with Crippen LogP contribution in [0, 0.1) is 5.41 Å². The minimum atomic E-state index is 0.0574. The predicted octanol–water partition coefficient (Wildman–Crippen LogP) is 3.43. The lowest BCUT2D eigenvalue weighted by molar-refractivity contribution is -0.134. The van der Waals surface area contributed by atoms with Crippen LogP contribution in [0.15, 0.2) is 0 Å². The molecule has 94 valence electrons. The molecule has 0 radical (unpaired) electrons. The Bertz CT molecular complexity index is 247. The standard InChI is InChI=1S/C13H24ClNO/c1-13(2,3)9-12(16)15(4)11-8-6-5-7-10(11)14/h10-11H,5-9H2,1-4H3. The summed E-state index contributed by atoms with van der Waals surface area (Å²) in [5, 5.41) is 0.141. The normalized spacial score (nSPS) is 26.6. The molecule has 1 aliphatic rings. The van der Waals surface area contributed by atoms with E-state index < -0.39 is 0 Å². The number of hydrogen-bond donors (Lipinski definition) is 0. The lowest BCUT2D eigenvalue weighted by Crippen LogP contribution is -2.45. The van der Waals surface area contributed by atoms with E-state index in [0.717, 1.165) is 12.8 Å². The van der Waals surface area contributed by atoms with E-state index in [1.54, 1.807) is 0 Å². The number of carbonyl (C=O) groups excluding carboxylic acids is 1. The quantitative estimate of drug-likeness (QED) is 0.683. The molecule has 0 aromatic rings. The SMILES string of the molecule is CN(C(=O)CC(C)(C)C)C1CCCCC1Cl. The molecule has 1 fully saturated rings. The van der Waals surface area contributed by atoms with Gasteiger partial charge in [-0.2, -0.15) is 0 Å². The first-order valence-electron chi connectivity index (χ1n) is 6.21. The Balaban J connectivity index is 2.55. The third-order valence-electron chi connectivity index (χ3n) is 3.22. The molecule has 0 bridgehead atoms. The summed E-state index contributed by atoms with van der Waals surface area (Å²) in [5.41, 5.74) is 0.0574. The molecule has 3 heteroatoms. The molecule has 2 atom stereocenters. The molecule has 0 aromatic heterocycles. The first-order chi connectivity index (χ1) is 7.31. The van der Waals surface area contributed by atoms with Gasteiger partial charge in [0.2, 0.25) is 5.91 Å². The topological polar surface area (TPSA) is 20.3 Å². The Labute approximate surface area is 104 Å². The maximum absolute atomic E-state index is 12.1. The Morgan fingerprint density at radius 3 is 2.38 bits per heavy atom. The summed E-state index contributed by atoms with van der Waals surface area (Å²) in [6, 6.07) is 0.241. The van der Waals surface area contributed by atoms with E-state index in [-0.39, 0.29) is 22.7 Å². The molecule has 1 rings (SSSR count). The van der Waals surface area contributed by atoms with Gasteiger partial charge in [-0.05, 0) is 18.3 Å². The highest BCUT2D eigenvalue weighted by Crippen LogP contribution is 2.28. The molecule has 16 heavy (non-hydrogen) atoms. The van der Waals surface area contributed by atoms with Crippen molar-refractivity contribution < 1.29 is 4.79 Å². The molecule has 1 saturated carbocycles. The molecule has 0 aliphatic heterocycles. The lowest BCUT2D eigenvalue weighted by atomic mass is 9.89. The highest BCUT2D eigenvalue weighted by Gasteiger charge is 2.30. The Kier molecular flexibility index (Phi) is 4.66. The second-order valence-corrected chi connectivity index (χ2v) is 6.67. The van der Waals surface area contributed by atoms with Crippen LogP contribution in [0.3, 0.4) is 0 Å². The van der Waals surface area contributed by atoms with Gasteiger partial charge >= 0.3 is 0 Å². The van der Waals surface area contributed by atoms with Crippen molar-refractivity contribution >= 4 is 17.5 Å². The third-order valence-corrected chi connectivity index (χ3v) is 3.73. The van der Waals surface area contributed by atoms with Gasteiger partial charge < -0.3 is 4.90 Å². The lowest BCUT2D eigenvalue weighted by Gasteiger charge is -2.36. The summed E-state index contributed by atoms with van der Waals surface area (Å²) < 4.78 is 0. The minimum absolute atomic E-state index is 0.0574. The van der Waals surface area contributed by atoms with Gasteiger partial charge in [0.05, 0.1) is 5.38 Å². The van der Waals surface area contributed by atoms with Crippen LogP contribution in [0.4, 0.5) is 0 Å². The fraction of sp³-hybridized carbons (Fsp3) is 0.923. The maximum atomic E-state index is 12.1. The summed E-state index contributed by atoms with van der Waals surface area (Å²) in [7, 11) is 1.90. The van der Waals surface area contributed by atoms with E-state index in [9.17, 15) is 4.79 Å². The summed E-state index contributed by atoms with van der Waals surface area (Å²) in [6.07, 6.45) is 5.09. The fourth-order valence-corrected chi connectivity index (χ4v) is 2.71. The molecule has 0 spiro atoms. The summed E-state index contributed by atoms with van der Waals surface area (Å²) in [5.74, 6) is 0.227. The molecule has 2 nitrogen and oxygen atoms in total. The molecular formula is C13H24ClNO. The first kappa shape index (κ1) is 13.8. The second kappa shape index (κ2) is 5.39. The van der Waals surface area contributed by atoms with Gasteiger partial charge in [0.15, 0.2) is 0 Å². The van der Waals surface area contributed by atoms with Crippen LogP contribution in [-0.4, -0.2) is 29.3 Å². The molecule has 0 N–H and O–H groups in total. The van der Waals surface area contributed by atoms with Crippen LogP contribution in [0.25, 0.3) is 0 Å². The van der Waals surface area contributed by atoms with Crippen molar-refractivity contribution in [3.63, 3.8) is 0 Å². The van der Waals surface area contributed by atoms with Crippen LogP contribution in [0.5, 0.6) is 0 Å². The number of hydrogen-bond acceptors (Lipinski definition) is 1. The zero-order valence-corrected chi connectivity index (χ0v) is 11.7. The largest absolute Gasteiger partial charge is 0.341 e. The number of amides is 1. The zero-order chi connectivity index (χ0) is 12.3. The average molecular weight is 246 g/mol. The van der Waals surface area contributed by atoms with E-state index in [1.807, 2.05) is 11.9 Å². The number of halogens is 1. The molecule has 1 aliphatic carbocycles. The van der Waals surface area contributed by atoms with E-state index in [0.29, 0.717) is 6.42 Å². The maximum Gasteiger partial charge on any atom is 0.223 e. The number of nitrogens with zero attached hydrogens (tertiary/aromatic N) is 1. The summed E-state index contributed by atoms with van der Waals surface area (Å²) in [6.45, 7) is 6.29. The van der Waals surface area contributed by atoms with E-state index >= 15 is 0 Å². The van der Waals surface area contributed by atoms with E-state index in [4.69, 9.17) is 11.6 Å². The van der Waals surface area contributed by atoms with Crippen LogP contribution < -0.4 is 0 Å². The zero-order valence-electron chi connectivity index (χ0n) is 10.9. The van der Waals surface area contributed by atoms with Crippen LogP contribution in [-0.2, 0) is 4.79 Å². The Morgan fingerprint density at radius 2 is 1.88 bits per heavy atom.